The van der Waals surface area contributed by atoms with Crippen LogP contribution in [0, 0.1) is 0 Å². The van der Waals surface area contributed by atoms with Crippen molar-refractivity contribution < 1.29 is 9.53 Å². The van der Waals surface area contributed by atoms with Gasteiger partial charge in [0.25, 0.3) is 0 Å². The molecule has 1 aliphatic heterocycles. The van der Waals surface area contributed by atoms with Gasteiger partial charge in [-0.25, -0.2) is 0 Å². The zero-order valence-corrected chi connectivity index (χ0v) is 13.8. The molecule has 0 aliphatic carbocycles. The molecular formula is C16H22N6O2. The monoisotopic (exact) mass is 330 g/mol. The second-order valence-corrected chi connectivity index (χ2v) is 5.78. The summed E-state index contributed by atoms with van der Waals surface area (Å²) >= 11 is 0. The number of aromatic nitrogens is 4. The molecule has 1 aromatic heterocycles. The third-order valence-electron chi connectivity index (χ3n) is 4.04. The molecule has 1 fully saturated rings. The van der Waals surface area contributed by atoms with Gasteiger partial charge < -0.3 is 9.64 Å². The summed E-state index contributed by atoms with van der Waals surface area (Å²) in [6.07, 6.45) is 0. The lowest BCUT2D eigenvalue weighted by molar-refractivity contribution is -0.131. The molecule has 8 heteroatoms. The number of hydrogen-bond donors (Lipinski definition) is 0. The van der Waals surface area contributed by atoms with Crippen LogP contribution in [-0.4, -0.2) is 82.4 Å². The second-order valence-electron chi connectivity index (χ2n) is 5.78. The Hall–Kier alpha value is -2.32. The Labute approximate surface area is 141 Å². The van der Waals surface area contributed by atoms with Crippen LogP contribution < -0.4 is 0 Å². The average molecular weight is 330 g/mol. The number of rotatable bonds is 6. The summed E-state index contributed by atoms with van der Waals surface area (Å²) in [5, 5.41) is 12.2. The van der Waals surface area contributed by atoms with Crippen LogP contribution in [0.15, 0.2) is 30.3 Å². The zero-order valence-electron chi connectivity index (χ0n) is 13.8. The number of carbonyl (C=O) groups is 1. The molecule has 3 rings (SSSR count). The molecule has 128 valence electrons. The Kier molecular flexibility index (Phi) is 5.50. The van der Waals surface area contributed by atoms with E-state index in [-0.39, 0.29) is 12.5 Å². The highest BCUT2D eigenvalue weighted by atomic mass is 16.5. The molecule has 24 heavy (non-hydrogen) atoms. The van der Waals surface area contributed by atoms with E-state index in [1.807, 2.05) is 30.3 Å². The molecule has 2 aromatic rings. The topological polar surface area (TPSA) is 76.4 Å². The van der Waals surface area contributed by atoms with Gasteiger partial charge in [-0.1, -0.05) is 30.3 Å². The molecule has 0 radical (unpaired) electrons. The van der Waals surface area contributed by atoms with Crippen LogP contribution in [0.4, 0.5) is 0 Å². The van der Waals surface area contributed by atoms with Crippen molar-refractivity contribution in [3.8, 4) is 11.4 Å². The number of likely N-dealkylation sites (N-methyl/N-ethyl adjacent to an activating group) is 1. The minimum atomic E-state index is -0.0275. The standard InChI is InChI=1S/C16H22N6O2/c1-20(7-8-21-9-11-24-12-10-21)15(23)13-22-18-16(17-19-22)14-5-3-2-4-6-14/h2-6H,7-13H2,1H3. The summed E-state index contributed by atoms with van der Waals surface area (Å²) in [4.78, 5) is 17.6. The maximum Gasteiger partial charge on any atom is 0.246 e. The SMILES string of the molecule is CN(CCN1CCOCC1)C(=O)Cn1nnc(-c2ccccc2)n1. The van der Waals surface area contributed by atoms with Crippen molar-refractivity contribution >= 4 is 5.91 Å². The summed E-state index contributed by atoms with van der Waals surface area (Å²) in [6.45, 7) is 5.01. The number of tetrazole rings is 1. The molecular weight excluding hydrogens is 308 g/mol. The third kappa shape index (κ3) is 4.36. The molecule has 1 aromatic carbocycles. The lowest BCUT2D eigenvalue weighted by Crippen LogP contribution is -2.42. The van der Waals surface area contributed by atoms with Gasteiger partial charge in [-0.2, -0.15) is 4.80 Å². The Balaban J connectivity index is 1.50. The molecule has 0 N–H and O–H groups in total. The first kappa shape index (κ1) is 16.5. The smallest absolute Gasteiger partial charge is 0.246 e. The van der Waals surface area contributed by atoms with Gasteiger partial charge in [0.05, 0.1) is 13.2 Å². The molecule has 0 saturated carbocycles. The van der Waals surface area contributed by atoms with E-state index in [1.165, 1.54) is 4.80 Å². The fourth-order valence-electron chi connectivity index (χ4n) is 2.50. The fourth-order valence-corrected chi connectivity index (χ4v) is 2.50. The van der Waals surface area contributed by atoms with Gasteiger partial charge in [0.2, 0.25) is 11.7 Å². The quantitative estimate of drug-likeness (QED) is 0.749. The first-order valence-corrected chi connectivity index (χ1v) is 8.09. The van der Waals surface area contributed by atoms with E-state index in [9.17, 15) is 4.79 Å². The van der Waals surface area contributed by atoms with Crippen LogP contribution in [0.2, 0.25) is 0 Å². The molecule has 1 amide bonds. The first-order valence-electron chi connectivity index (χ1n) is 8.09. The Morgan fingerprint density at radius 1 is 1.25 bits per heavy atom. The molecule has 0 unspecified atom stereocenters. The first-order chi connectivity index (χ1) is 11.7. The lowest BCUT2D eigenvalue weighted by atomic mass is 10.2. The predicted octanol–water partition coefficient (Wildman–Crippen LogP) is 0.131. The molecule has 1 aliphatic rings. The number of morpholine rings is 1. The van der Waals surface area contributed by atoms with E-state index < -0.39 is 0 Å². The van der Waals surface area contributed by atoms with Gasteiger partial charge in [-0.3, -0.25) is 9.69 Å². The van der Waals surface area contributed by atoms with Gasteiger partial charge in [0.1, 0.15) is 6.54 Å². The lowest BCUT2D eigenvalue weighted by Gasteiger charge is -2.28. The number of nitrogens with zero attached hydrogens (tertiary/aromatic N) is 6. The molecule has 0 spiro atoms. The van der Waals surface area contributed by atoms with Crippen LogP contribution in [0.3, 0.4) is 0 Å². The van der Waals surface area contributed by atoms with Crippen molar-refractivity contribution in [3.05, 3.63) is 30.3 Å². The van der Waals surface area contributed by atoms with Crippen molar-refractivity contribution in [2.45, 2.75) is 6.54 Å². The summed E-state index contributed by atoms with van der Waals surface area (Å²) in [7, 11) is 1.80. The van der Waals surface area contributed by atoms with Crippen LogP contribution in [-0.2, 0) is 16.1 Å². The third-order valence-corrected chi connectivity index (χ3v) is 4.04. The van der Waals surface area contributed by atoms with Crippen molar-refractivity contribution in [2.75, 3.05) is 46.4 Å². The van der Waals surface area contributed by atoms with Gasteiger partial charge >= 0.3 is 0 Å². The van der Waals surface area contributed by atoms with Crippen molar-refractivity contribution in [2.24, 2.45) is 0 Å². The Morgan fingerprint density at radius 3 is 2.75 bits per heavy atom. The summed E-state index contributed by atoms with van der Waals surface area (Å²) in [5.41, 5.74) is 0.886. The largest absolute Gasteiger partial charge is 0.379 e. The minimum absolute atomic E-state index is 0.0275. The molecule has 0 atom stereocenters. The number of hydrogen-bond acceptors (Lipinski definition) is 6. The van der Waals surface area contributed by atoms with Crippen molar-refractivity contribution in [1.29, 1.82) is 0 Å². The maximum absolute atomic E-state index is 12.3. The highest BCUT2D eigenvalue weighted by molar-refractivity contribution is 5.75. The average Bonchev–Trinajstić information content (AvgIpc) is 3.10. The summed E-state index contributed by atoms with van der Waals surface area (Å²) in [5.74, 6) is 0.500. The van der Waals surface area contributed by atoms with E-state index in [2.05, 4.69) is 20.3 Å². The second kappa shape index (κ2) is 7.98. The van der Waals surface area contributed by atoms with Gasteiger partial charge in [0.15, 0.2) is 0 Å². The van der Waals surface area contributed by atoms with Crippen LogP contribution in [0.25, 0.3) is 11.4 Å². The van der Waals surface area contributed by atoms with Crippen LogP contribution in [0.5, 0.6) is 0 Å². The molecule has 2 heterocycles. The van der Waals surface area contributed by atoms with Gasteiger partial charge in [0, 0.05) is 38.8 Å². The van der Waals surface area contributed by atoms with E-state index in [4.69, 9.17) is 4.74 Å². The molecule has 0 bridgehead atoms. The van der Waals surface area contributed by atoms with E-state index in [0.29, 0.717) is 12.4 Å². The summed E-state index contributed by atoms with van der Waals surface area (Å²) in [6, 6.07) is 9.59. The van der Waals surface area contributed by atoms with E-state index in [0.717, 1.165) is 38.4 Å². The number of carbonyl (C=O) groups excluding carboxylic acids is 1. The molecule has 1 saturated heterocycles. The Bertz CT molecular complexity index is 654. The van der Waals surface area contributed by atoms with E-state index in [1.54, 1.807) is 11.9 Å². The maximum atomic E-state index is 12.3. The molecule has 8 nitrogen and oxygen atoms in total. The van der Waals surface area contributed by atoms with Gasteiger partial charge in [-0.15, -0.1) is 10.2 Å². The van der Waals surface area contributed by atoms with Crippen LogP contribution >= 0.6 is 0 Å². The number of ether oxygens (including phenoxy) is 1. The fraction of sp³-hybridized carbons (Fsp3) is 0.500. The zero-order chi connectivity index (χ0) is 16.8. The highest BCUT2D eigenvalue weighted by Gasteiger charge is 2.15. The van der Waals surface area contributed by atoms with E-state index >= 15 is 0 Å². The minimum Gasteiger partial charge on any atom is -0.379 e. The van der Waals surface area contributed by atoms with Crippen molar-refractivity contribution in [3.63, 3.8) is 0 Å². The number of amides is 1. The van der Waals surface area contributed by atoms with Crippen LogP contribution in [0.1, 0.15) is 0 Å². The van der Waals surface area contributed by atoms with Gasteiger partial charge in [-0.05, 0) is 5.21 Å². The number of benzene rings is 1. The predicted molar refractivity (Wildman–Crippen MR) is 88.1 cm³/mol. The Morgan fingerprint density at radius 2 is 2.00 bits per heavy atom. The van der Waals surface area contributed by atoms with Crippen molar-refractivity contribution in [1.82, 2.24) is 30.0 Å². The summed E-state index contributed by atoms with van der Waals surface area (Å²) < 4.78 is 5.32. The normalized spacial score (nSPS) is 15.4. The highest BCUT2D eigenvalue weighted by Crippen LogP contribution is 2.11.